The molecule has 0 aromatic heterocycles. The van der Waals surface area contributed by atoms with Crippen molar-refractivity contribution in [2.75, 3.05) is 0 Å². The molecule has 0 saturated heterocycles. The summed E-state index contributed by atoms with van der Waals surface area (Å²) >= 11 is 6.73. The maximum atomic E-state index is 12.8. The van der Waals surface area contributed by atoms with Crippen LogP contribution in [0, 0.1) is 22.2 Å². The Morgan fingerprint density at radius 3 is 2.11 bits per heavy atom. The molecule has 144 valence electrons. The number of hydrogen-bond donors (Lipinski definition) is 1. The smallest absolute Gasteiger partial charge is 0.316 e. The molecule has 3 rings (SSSR count). The summed E-state index contributed by atoms with van der Waals surface area (Å²) in [7, 11) is 0. The molecule has 1 N–H and O–H groups in total. The van der Waals surface area contributed by atoms with Crippen LogP contribution in [0.15, 0.2) is 70.1 Å². The number of ether oxygens (including phenoxy) is 1. The molecule has 0 amide bonds. The zero-order valence-corrected chi connectivity index (χ0v) is 18.6. The average molecular weight is 505 g/mol. The molecule has 1 unspecified atom stereocenters. The van der Waals surface area contributed by atoms with E-state index in [9.17, 15) is 15.2 Å². The van der Waals surface area contributed by atoms with Crippen LogP contribution in [0.25, 0.3) is 0 Å². The van der Waals surface area contributed by atoms with Gasteiger partial charge in [-0.15, -0.1) is 0 Å². The quantitative estimate of drug-likeness (QED) is 0.535. The summed E-state index contributed by atoms with van der Waals surface area (Å²) in [5, 5.41) is 20.5. The molecular formula is C22H19Br2NO3. The predicted molar refractivity (Wildman–Crippen MR) is 114 cm³/mol. The second-order valence-electron chi connectivity index (χ2n) is 7.30. The molecule has 0 aliphatic heterocycles. The van der Waals surface area contributed by atoms with Crippen molar-refractivity contribution in [2.45, 2.75) is 25.4 Å². The van der Waals surface area contributed by atoms with Crippen molar-refractivity contribution < 1.29 is 14.6 Å². The molecular weight excluding hydrogens is 486 g/mol. The molecule has 1 fully saturated rings. The molecule has 1 aliphatic rings. The van der Waals surface area contributed by atoms with Crippen molar-refractivity contribution >= 4 is 37.8 Å². The van der Waals surface area contributed by atoms with Gasteiger partial charge in [-0.05, 0) is 55.6 Å². The molecule has 0 radical (unpaired) electrons. The van der Waals surface area contributed by atoms with Crippen LogP contribution in [0.4, 0.5) is 0 Å². The van der Waals surface area contributed by atoms with Crippen LogP contribution in [-0.4, -0.2) is 16.7 Å². The Balaban J connectivity index is 2.25. The van der Waals surface area contributed by atoms with Crippen molar-refractivity contribution in [3.8, 4) is 11.8 Å². The van der Waals surface area contributed by atoms with Crippen LogP contribution in [0.1, 0.15) is 25.3 Å². The van der Waals surface area contributed by atoms with Gasteiger partial charge >= 0.3 is 5.97 Å². The fourth-order valence-electron chi connectivity index (χ4n) is 4.45. The number of nitrogens with zero attached hydrogens (tertiary/aromatic N) is 1. The van der Waals surface area contributed by atoms with E-state index in [2.05, 4.69) is 37.9 Å². The molecule has 0 bridgehead atoms. The molecule has 0 spiro atoms. The molecule has 28 heavy (non-hydrogen) atoms. The minimum absolute atomic E-state index is 0.543. The zero-order valence-electron chi connectivity index (χ0n) is 15.4. The van der Waals surface area contributed by atoms with Gasteiger partial charge in [0.05, 0.1) is 15.4 Å². The molecule has 0 heterocycles. The van der Waals surface area contributed by atoms with E-state index in [0.717, 1.165) is 0 Å². The lowest BCUT2D eigenvalue weighted by molar-refractivity contribution is -0.146. The van der Waals surface area contributed by atoms with E-state index in [-0.39, 0.29) is 0 Å². The highest BCUT2D eigenvalue weighted by Gasteiger charge is 2.91. The average Bonchev–Trinajstić information content (AvgIpc) is 3.06. The second kappa shape index (κ2) is 7.38. The predicted octanol–water partition coefficient (Wildman–Crippen LogP) is 5.85. The van der Waals surface area contributed by atoms with Crippen molar-refractivity contribution in [1.29, 1.82) is 5.26 Å². The van der Waals surface area contributed by atoms with E-state index >= 15 is 0 Å². The zero-order chi connectivity index (χ0) is 20.6. The molecule has 2 aromatic rings. The SMILES string of the molecule is CC1(C)[C@](C(=O)O)(C(C#N)c2ccccc2)[C@]1(C=C(Br)Br)Oc1ccccc1. The van der Waals surface area contributed by atoms with Gasteiger partial charge in [-0.25, -0.2) is 0 Å². The van der Waals surface area contributed by atoms with E-state index < -0.39 is 28.3 Å². The van der Waals surface area contributed by atoms with Crippen LogP contribution in [0.2, 0.25) is 0 Å². The Morgan fingerprint density at radius 2 is 1.64 bits per heavy atom. The first kappa shape index (κ1) is 20.6. The Morgan fingerprint density at radius 1 is 1.11 bits per heavy atom. The number of nitriles is 1. The van der Waals surface area contributed by atoms with Crippen molar-refractivity contribution in [2.24, 2.45) is 10.8 Å². The van der Waals surface area contributed by atoms with Gasteiger partial charge in [-0.2, -0.15) is 5.26 Å². The van der Waals surface area contributed by atoms with Crippen LogP contribution in [0.5, 0.6) is 5.75 Å². The first-order valence-corrected chi connectivity index (χ1v) is 10.3. The minimum Gasteiger partial charge on any atom is -0.481 e. The maximum Gasteiger partial charge on any atom is 0.316 e. The van der Waals surface area contributed by atoms with Crippen molar-refractivity contribution in [3.05, 3.63) is 75.7 Å². The number of hydrogen-bond acceptors (Lipinski definition) is 3. The fraction of sp³-hybridized carbons (Fsp3) is 0.273. The number of carboxylic acids is 1. The highest BCUT2D eigenvalue weighted by atomic mass is 79.9. The highest BCUT2D eigenvalue weighted by Crippen LogP contribution is 2.79. The van der Waals surface area contributed by atoms with E-state index in [4.69, 9.17) is 4.74 Å². The van der Waals surface area contributed by atoms with Gasteiger partial charge in [0, 0.05) is 5.41 Å². The van der Waals surface area contributed by atoms with E-state index in [0.29, 0.717) is 14.7 Å². The Bertz CT molecular complexity index is 949. The first-order chi connectivity index (χ1) is 13.2. The number of benzene rings is 2. The van der Waals surface area contributed by atoms with Gasteiger partial charge < -0.3 is 9.84 Å². The summed E-state index contributed by atoms with van der Waals surface area (Å²) in [6.07, 6.45) is 1.71. The van der Waals surface area contributed by atoms with E-state index in [1.807, 2.05) is 38.1 Å². The second-order valence-corrected chi connectivity index (χ2v) is 10.1. The van der Waals surface area contributed by atoms with Gasteiger partial charge in [0.25, 0.3) is 0 Å². The van der Waals surface area contributed by atoms with Gasteiger partial charge in [0.2, 0.25) is 0 Å². The van der Waals surface area contributed by atoms with Gasteiger partial charge in [-0.3, -0.25) is 4.79 Å². The van der Waals surface area contributed by atoms with Crippen LogP contribution >= 0.6 is 31.9 Å². The molecule has 1 aliphatic carbocycles. The number of para-hydroxylation sites is 1. The number of halogens is 2. The van der Waals surface area contributed by atoms with Gasteiger partial charge in [0.1, 0.15) is 11.2 Å². The molecule has 6 heteroatoms. The molecule has 1 saturated carbocycles. The lowest BCUT2D eigenvalue weighted by atomic mass is 9.78. The molecule has 4 nitrogen and oxygen atoms in total. The summed E-state index contributed by atoms with van der Waals surface area (Å²) in [6.45, 7) is 3.66. The molecule has 3 atom stereocenters. The lowest BCUT2D eigenvalue weighted by Gasteiger charge is -2.25. The lowest BCUT2D eigenvalue weighted by Crippen LogP contribution is -2.36. The molecule has 2 aromatic carbocycles. The third kappa shape index (κ3) is 2.80. The monoisotopic (exact) mass is 503 g/mol. The summed E-state index contributed by atoms with van der Waals surface area (Å²) in [5.41, 5.74) is -2.95. The third-order valence-electron chi connectivity index (χ3n) is 5.80. The summed E-state index contributed by atoms with van der Waals surface area (Å²) in [5.74, 6) is -1.43. The summed E-state index contributed by atoms with van der Waals surface area (Å²) in [4.78, 5) is 12.8. The number of aliphatic carboxylic acids is 1. The van der Waals surface area contributed by atoms with Crippen molar-refractivity contribution in [1.82, 2.24) is 0 Å². The maximum absolute atomic E-state index is 12.8. The Hall–Kier alpha value is -2.10. The topological polar surface area (TPSA) is 70.3 Å². The van der Waals surface area contributed by atoms with Crippen LogP contribution in [-0.2, 0) is 4.79 Å². The first-order valence-electron chi connectivity index (χ1n) is 8.70. The van der Waals surface area contributed by atoms with Crippen LogP contribution < -0.4 is 4.74 Å². The summed E-state index contributed by atoms with van der Waals surface area (Å²) < 4.78 is 6.92. The third-order valence-corrected chi connectivity index (χ3v) is 6.26. The standard InChI is InChI=1S/C22H19Br2NO3/c1-20(2)21(13-18(23)24,28-16-11-7-4-8-12-16)22(20,19(26)27)17(14-25)15-9-5-3-6-10-15/h3-13,17H,1-2H3,(H,26,27)/t17?,21-,22-/m1/s1. The number of carboxylic acid groups (broad SMARTS) is 1. The summed E-state index contributed by atoms with van der Waals surface area (Å²) in [6, 6.07) is 20.3. The van der Waals surface area contributed by atoms with Gasteiger partial charge in [-0.1, -0.05) is 62.4 Å². The van der Waals surface area contributed by atoms with Crippen LogP contribution in [0.3, 0.4) is 0 Å². The van der Waals surface area contributed by atoms with Crippen molar-refractivity contribution in [3.63, 3.8) is 0 Å². The highest BCUT2D eigenvalue weighted by molar-refractivity contribution is 9.28. The number of rotatable bonds is 6. The van der Waals surface area contributed by atoms with E-state index in [1.165, 1.54) is 0 Å². The van der Waals surface area contributed by atoms with E-state index in [1.54, 1.807) is 42.5 Å². The number of carbonyl (C=O) groups is 1. The van der Waals surface area contributed by atoms with Gasteiger partial charge in [0.15, 0.2) is 5.60 Å². The Kier molecular flexibility index (Phi) is 5.44. The normalized spacial score (nSPS) is 25.8. The Labute approximate surface area is 181 Å². The largest absolute Gasteiger partial charge is 0.481 e. The minimum atomic E-state index is -1.49. The fourth-order valence-corrected chi connectivity index (χ4v) is 5.10.